The maximum absolute atomic E-state index is 12.6. The van der Waals surface area contributed by atoms with Crippen LogP contribution < -0.4 is 5.32 Å². The summed E-state index contributed by atoms with van der Waals surface area (Å²) in [7, 11) is 3.99. The van der Waals surface area contributed by atoms with Crippen LogP contribution in [0.5, 0.6) is 0 Å². The van der Waals surface area contributed by atoms with Gasteiger partial charge in [0.15, 0.2) is 0 Å². The molecule has 4 nitrogen and oxygen atoms in total. The third kappa shape index (κ3) is 3.19. The van der Waals surface area contributed by atoms with E-state index in [2.05, 4.69) is 44.8 Å². The summed E-state index contributed by atoms with van der Waals surface area (Å²) in [5, 5.41) is 3.36. The zero-order valence-corrected chi connectivity index (χ0v) is 12.3. The van der Waals surface area contributed by atoms with Crippen LogP contribution in [0.25, 0.3) is 0 Å². The minimum absolute atomic E-state index is 0.0859. The van der Waals surface area contributed by atoms with Gasteiger partial charge in [-0.25, -0.2) is 0 Å². The fourth-order valence-electron chi connectivity index (χ4n) is 2.74. The van der Waals surface area contributed by atoms with Crippen LogP contribution in [0.4, 0.5) is 0 Å². The van der Waals surface area contributed by atoms with Crippen molar-refractivity contribution in [2.45, 2.75) is 51.7 Å². The summed E-state index contributed by atoms with van der Waals surface area (Å²) in [5.41, 5.74) is -0.259. The lowest BCUT2D eigenvalue weighted by Crippen LogP contribution is -2.71. The second kappa shape index (κ2) is 4.58. The molecule has 1 aliphatic rings. The summed E-state index contributed by atoms with van der Waals surface area (Å²) in [4.78, 5) is 16.6. The van der Waals surface area contributed by atoms with E-state index < -0.39 is 0 Å². The van der Waals surface area contributed by atoms with Crippen LogP contribution in [-0.2, 0) is 4.79 Å². The van der Waals surface area contributed by atoms with Gasteiger partial charge in [-0.2, -0.15) is 0 Å². The van der Waals surface area contributed by atoms with E-state index in [9.17, 15) is 4.79 Å². The Balaban J connectivity index is 2.93. The average molecular weight is 241 g/mol. The van der Waals surface area contributed by atoms with E-state index >= 15 is 0 Å². The van der Waals surface area contributed by atoms with Crippen molar-refractivity contribution >= 4 is 5.91 Å². The lowest BCUT2D eigenvalue weighted by atomic mass is 9.90. The first-order chi connectivity index (χ1) is 7.55. The van der Waals surface area contributed by atoms with Gasteiger partial charge in [0.25, 0.3) is 0 Å². The molecule has 0 spiro atoms. The number of hydrogen-bond acceptors (Lipinski definition) is 3. The van der Waals surface area contributed by atoms with E-state index in [-0.39, 0.29) is 23.0 Å². The molecule has 100 valence electrons. The average Bonchev–Trinajstić information content (AvgIpc) is 2.06. The molecule has 0 aromatic carbocycles. The number of carbonyl (C=O) groups excluding carboxylic acids is 1. The minimum atomic E-state index is -0.132. The van der Waals surface area contributed by atoms with Crippen molar-refractivity contribution in [2.75, 3.05) is 27.2 Å². The van der Waals surface area contributed by atoms with Crippen LogP contribution >= 0.6 is 0 Å². The molecule has 1 heterocycles. The molecule has 0 radical (unpaired) electrons. The Kier molecular flexibility index (Phi) is 3.89. The molecule has 0 aromatic rings. The van der Waals surface area contributed by atoms with Gasteiger partial charge in [-0.05, 0) is 48.7 Å². The zero-order chi connectivity index (χ0) is 13.4. The van der Waals surface area contributed by atoms with E-state index in [1.54, 1.807) is 0 Å². The standard InChI is InChI=1S/C13H27N3O/c1-12(2,3)16-11(17)10(8-15(6)7)14-9-13(16,4)5/h10,14H,8-9H2,1-7H3. The first-order valence-electron chi connectivity index (χ1n) is 6.28. The summed E-state index contributed by atoms with van der Waals surface area (Å²) in [6, 6.07) is -0.0859. The Morgan fingerprint density at radius 1 is 1.41 bits per heavy atom. The fraction of sp³-hybridized carbons (Fsp3) is 0.923. The number of amides is 1. The Hall–Kier alpha value is -0.610. The van der Waals surface area contributed by atoms with Crippen molar-refractivity contribution in [3.8, 4) is 0 Å². The van der Waals surface area contributed by atoms with Crippen molar-refractivity contribution in [3.05, 3.63) is 0 Å². The first kappa shape index (κ1) is 14.5. The second-order valence-electron chi connectivity index (χ2n) is 6.85. The van der Waals surface area contributed by atoms with Gasteiger partial charge in [-0.3, -0.25) is 4.79 Å². The molecule has 0 bridgehead atoms. The highest BCUT2D eigenvalue weighted by Crippen LogP contribution is 2.28. The van der Waals surface area contributed by atoms with Crippen molar-refractivity contribution in [3.63, 3.8) is 0 Å². The molecule has 0 aromatic heterocycles. The van der Waals surface area contributed by atoms with Gasteiger partial charge < -0.3 is 15.1 Å². The Morgan fingerprint density at radius 3 is 2.35 bits per heavy atom. The maximum Gasteiger partial charge on any atom is 0.241 e. The SMILES string of the molecule is CN(C)CC1NCC(C)(C)N(C(C)(C)C)C1=O. The third-order valence-corrected chi connectivity index (χ3v) is 3.12. The number of carbonyl (C=O) groups is 1. The topological polar surface area (TPSA) is 35.6 Å². The first-order valence-corrected chi connectivity index (χ1v) is 6.28. The molecule has 1 amide bonds. The number of rotatable bonds is 2. The summed E-state index contributed by atoms with van der Waals surface area (Å²) in [6.45, 7) is 12.1. The lowest BCUT2D eigenvalue weighted by molar-refractivity contribution is -0.151. The minimum Gasteiger partial charge on any atom is -0.330 e. The van der Waals surface area contributed by atoms with Crippen LogP contribution in [0, 0.1) is 0 Å². The molecule has 0 aliphatic carbocycles. The normalized spacial score (nSPS) is 25.5. The van der Waals surface area contributed by atoms with Crippen molar-refractivity contribution in [1.29, 1.82) is 0 Å². The molecule has 1 fully saturated rings. The molecule has 0 saturated carbocycles. The largest absolute Gasteiger partial charge is 0.330 e. The predicted octanol–water partition coefficient (Wildman–Crippen LogP) is 0.925. The lowest BCUT2D eigenvalue weighted by Gasteiger charge is -2.52. The monoisotopic (exact) mass is 241 g/mol. The van der Waals surface area contributed by atoms with Crippen molar-refractivity contribution in [2.24, 2.45) is 0 Å². The van der Waals surface area contributed by atoms with E-state index in [1.807, 2.05) is 19.0 Å². The molecule has 1 unspecified atom stereocenters. The molecule has 1 rings (SSSR count). The van der Waals surface area contributed by atoms with E-state index in [0.717, 1.165) is 13.1 Å². The van der Waals surface area contributed by atoms with Gasteiger partial charge in [-0.15, -0.1) is 0 Å². The Morgan fingerprint density at radius 2 is 1.94 bits per heavy atom. The molecular formula is C13H27N3O. The van der Waals surface area contributed by atoms with Gasteiger partial charge in [0.05, 0.1) is 11.6 Å². The Bertz CT molecular complexity index is 292. The molecule has 1 atom stereocenters. The van der Waals surface area contributed by atoms with Crippen molar-refractivity contribution in [1.82, 2.24) is 15.1 Å². The predicted molar refractivity (Wildman–Crippen MR) is 71.0 cm³/mol. The number of hydrogen-bond donors (Lipinski definition) is 1. The highest BCUT2D eigenvalue weighted by Gasteiger charge is 2.45. The van der Waals surface area contributed by atoms with Gasteiger partial charge in [-0.1, -0.05) is 0 Å². The molecular weight excluding hydrogens is 214 g/mol. The Labute approximate surface area is 105 Å². The van der Waals surface area contributed by atoms with Gasteiger partial charge in [0.1, 0.15) is 0 Å². The van der Waals surface area contributed by atoms with Crippen LogP contribution in [-0.4, -0.2) is 60.0 Å². The quantitative estimate of drug-likeness (QED) is 0.781. The molecule has 1 saturated heterocycles. The number of likely N-dealkylation sites (N-methyl/N-ethyl adjacent to an activating group) is 1. The highest BCUT2D eigenvalue weighted by molar-refractivity contribution is 5.84. The summed E-state index contributed by atoms with van der Waals surface area (Å²) < 4.78 is 0. The maximum atomic E-state index is 12.6. The van der Waals surface area contributed by atoms with Crippen LogP contribution in [0.1, 0.15) is 34.6 Å². The summed E-state index contributed by atoms with van der Waals surface area (Å²) in [5.74, 6) is 0.211. The van der Waals surface area contributed by atoms with Gasteiger partial charge in [0, 0.05) is 18.6 Å². The summed E-state index contributed by atoms with van der Waals surface area (Å²) in [6.07, 6.45) is 0. The second-order valence-corrected chi connectivity index (χ2v) is 6.85. The number of piperazine rings is 1. The number of nitrogens with one attached hydrogen (secondary N) is 1. The molecule has 1 aliphatic heterocycles. The molecule has 4 heteroatoms. The van der Waals surface area contributed by atoms with E-state index in [4.69, 9.17) is 0 Å². The zero-order valence-electron chi connectivity index (χ0n) is 12.3. The van der Waals surface area contributed by atoms with Crippen molar-refractivity contribution < 1.29 is 4.79 Å². The third-order valence-electron chi connectivity index (χ3n) is 3.12. The van der Waals surface area contributed by atoms with Crippen LogP contribution in [0.3, 0.4) is 0 Å². The smallest absolute Gasteiger partial charge is 0.241 e. The van der Waals surface area contributed by atoms with Crippen LogP contribution in [0.15, 0.2) is 0 Å². The fourth-order valence-corrected chi connectivity index (χ4v) is 2.74. The molecule has 1 N–H and O–H groups in total. The van der Waals surface area contributed by atoms with Gasteiger partial charge >= 0.3 is 0 Å². The number of nitrogens with zero attached hydrogens (tertiary/aromatic N) is 2. The highest BCUT2D eigenvalue weighted by atomic mass is 16.2. The molecule has 17 heavy (non-hydrogen) atoms. The van der Waals surface area contributed by atoms with E-state index in [0.29, 0.717) is 0 Å². The van der Waals surface area contributed by atoms with E-state index in [1.165, 1.54) is 0 Å². The summed E-state index contributed by atoms with van der Waals surface area (Å²) >= 11 is 0. The van der Waals surface area contributed by atoms with Gasteiger partial charge in [0.2, 0.25) is 5.91 Å². The van der Waals surface area contributed by atoms with Crippen LogP contribution in [0.2, 0.25) is 0 Å².